The van der Waals surface area contributed by atoms with E-state index < -0.39 is 8.07 Å². The topological polar surface area (TPSA) is 0 Å². The molecule has 1 unspecified atom stereocenters. The second kappa shape index (κ2) is 4.68. The minimum absolute atomic E-state index is 0.299. The number of rotatable bonds is 2. The van der Waals surface area contributed by atoms with Gasteiger partial charge in [-0.25, -0.2) is 0 Å². The molecule has 0 aromatic heterocycles. The fraction of sp³-hybridized carbons (Fsp3) is 0.867. The Kier molecular flexibility index (Phi) is 4.67. The van der Waals surface area contributed by atoms with Crippen molar-refractivity contribution in [3.63, 3.8) is 0 Å². The van der Waals surface area contributed by atoms with Crippen LogP contribution in [0.2, 0.25) is 19.6 Å². The van der Waals surface area contributed by atoms with Crippen LogP contribution in [0.15, 0.2) is 11.3 Å². The van der Waals surface area contributed by atoms with E-state index in [1.807, 2.05) is 0 Å². The van der Waals surface area contributed by atoms with Gasteiger partial charge < -0.3 is 0 Å². The average Bonchev–Trinajstić information content (AvgIpc) is 1.93. The average molecular weight is 241 g/mol. The molecule has 0 heterocycles. The highest BCUT2D eigenvalue weighted by Gasteiger charge is 2.31. The molecule has 0 aromatic carbocycles. The normalized spacial score (nSPS) is 17.5. The van der Waals surface area contributed by atoms with Gasteiger partial charge in [-0.15, -0.1) is 0 Å². The fourth-order valence-electron chi connectivity index (χ4n) is 1.92. The predicted octanol–water partition coefficient (Wildman–Crippen LogP) is 5.52. The lowest BCUT2D eigenvalue weighted by Crippen LogP contribution is -2.30. The molecule has 0 N–H and O–H groups in total. The van der Waals surface area contributed by atoms with Crippen molar-refractivity contribution >= 4 is 8.07 Å². The first-order chi connectivity index (χ1) is 6.75. The molecule has 0 aromatic rings. The van der Waals surface area contributed by atoms with Gasteiger partial charge in [0.2, 0.25) is 0 Å². The highest BCUT2D eigenvalue weighted by molar-refractivity contribution is 6.81. The first kappa shape index (κ1) is 16.0. The van der Waals surface area contributed by atoms with Crippen LogP contribution >= 0.6 is 0 Å². The molecule has 0 spiro atoms. The lowest BCUT2D eigenvalue weighted by Gasteiger charge is -2.38. The Hall–Kier alpha value is -0.0431. The van der Waals surface area contributed by atoms with Crippen LogP contribution in [0.25, 0.3) is 0 Å². The van der Waals surface area contributed by atoms with E-state index in [1.54, 1.807) is 5.57 Å². The minimum Gasteiger partial charge on any atom is -0.0950 e. The maximum absolute atomic E-state index is 2.61. The molecule has 0 rings (SSSR count). The summed E-state index contributed by atoms with van der Waals surface area (Å²) < 4.78 is 0. The van der Waals surface area contributed by atoms with Crippen molar-refractivity contribution < 1.29 is 0 Å². The Morgan fingerprint density at radius 1 is 0.938 bits per heavy atom. The highest BCUT2D eigenvalue weighted by Crippen LogP contribution is 2.41. The second-order valence-electron chi connectivity index (χ2n) is 8.30. The van der Waals surface area contributed by atoms with E-state index in [0.29, 0.717) is 16.7 Å². The van der Waals surface area contributed by atoms with Crippen LogP contribution in [0, 0.1) is 16.7 Å². The SMILES string of the molecule is CC(C(=C[Si](C)(C)C)C(C)(C)C)C(C)(C)C. The molecule has 1 atom stereocenters. The molecule has 0 saturated heterocycles. The van der Waals surface area contributed by atoms with E-state index in [4.69, 9.17) is 0 Å². The van der Waals surface area contributed by atoms with Crippen LogP contribution < -0.4 is 0 Å². The van der Waals surface area contributed by atoms with E-state index in [2.05, 4.69) is 73.8 Å². The molecule has 0 fully saturated rings. The van der Waals surface area contributed by atoms with Gasteiger partial charge in [0.15, 0.2) is 0 Å². The van der Waals surface area contributed by atoms with Crippen molar-refractivity contribution in [2.45, 2.75) is 68.1 Å². The van der Waals surface area contributed by atoms with Crippen LogP contribution in [0.3, 0.4) is 0 Å². The molecule has 0 nitrogen and oxygen atoms in total. The largest absolute Gasteiger partial charge is 0.0950 e. The van der Waals surface area contributed by atoms with Crippen molar-refractivity contribution in [1.29, 1.82) is 0 Å². The van der Waals surface area contributed by atoms with Gasteiger partial charge in [0, 0.05) is 0 Å². The van der Waals surface area contributed by atoms with Crippen molar-refractivity contribution in [2.75, 3.05) is 0 Å². The van der Waals surface area contributed by atoms with Crippen LogP contribution in [0.1, 0.15) is 48.5 Å². The summed E-state index contributed by atoms with van der Waals surface area (Å²) in [4.78, 5) is 0. The summed E-state index contributed by atoms with van der Waals surface area (Å²) >= 11 is 0. The van der Waals surface area contributed by atoms with Crippen LogP contribution in [0.4, 0.5) is 0 Å². The molecule has 0 amide bonds. The zero-order valence-electron chi connectivity index (χ0n) is 13.2. The van der Waals surface area contributed by atoms with E-state index >= 15 is 0 Å². The molecule has 0 aliphatic heterocycles. The van der Waals surface area contributed by atoms with Gasteiger partial charge >= 0.3 is 0 Å². The van der Waals surface area contributed by atoms with E-state index in [0.717, 1.165) is 0 Å². The first-order valence-electron chi connectivity index (χ1n) is 6.48. The van der Waals surface area contributed by atoms with Gasteiger partial charge in [-0.2, -0.15) is 0 Å². The zero-order chi connectivity index (χ0) is 13.4. The van der Waals surface area contributed by atoms with Crippen LogP contribution in [0.5, 0.6) is 0 Å². The molecular formula is C15H32Si. The quantitative estimate of drug-likeness (QED) is 0.558. The van der Waals surface area contributed by atoms with Gasteiger partial charge in [-0.3, -0.25) is 0 Å². The fourth-order valence-corrected chi connectivity index (χ4v) is 3.54. The Bertz CT molecular complexity index is 253. The lowest BCUT2D eigenvalue weighted by atomic mass is 9.70. The Morgan fingerprint density at radius 3 is 1.50 bits per heavy atom. The third kappa shape index (κ3) is 5.34. The maximum atomic E-state index is 2.61. The molecule has 16 heavy (non-hydrogen) atoms. The Morgan fingerprint density at radius 2 is 1.31 bits per heavy atom. The zero-order valence-corrected chi connectivity index (χ0v) is 14.2. The highest BCUT2D eigenvalue weighted by atomic mass is 28.3. The molecule has 96 valence electrons. The van der Waals surface area contributed by atoms with E-state index in [-0.39, 0.29) is 0 Å². The molecule has 0 radical (unpaired) electrons. The summed E-state index contributed by atoms with van der Waals surface area (Å²) in [5.41, 5.74) is 4.92. The smallest absolute Gasteiger partial charge is 0.0686 e. The van der Waals surface area contributed by atoms with Crippen molar-refractivity contribution in [2.24, 2.45) is 16.7 Å². The predicted molar refractivity (Wildman–Crippen MR) is 79.5 cm³/mol. The van der Waals surface area contributed by atoms with Gasteiger partial charge in [-0.1, -0.05) is 79.4 Å². The van der Waals surface area contributed by atoms with Gasteiger partial charge in [0.25, 0.3) is 0 Å². The molecule has 0 bridgehead atoms. The molecule has 1 heteroatoms. The summed E-state index contributed by atoms with van der Waals surface area (Å²) in [6.45, 7) is 23.8. The second-order valence-corrected chi connectivity index (χ2v) is 13.3. The molecule has 0 aliphatic rings. The number of hydrogen-bond acceptors (Lipinski definition) is 0. The molecule has 0 aliphatic carbocycles. The Balaban J connectivity index is 5.39. The van der Waals surface area contributed by atoms with Crippen LogP contribution in [-0.2, 0) is 0 Å². The van der Waals surface area contributed by atoms with E-state index in [9.17, 15) is 0 Å². The lowest BCUT2D eigenvalue weighted by molar-refractivity contribution is 0.262. The van der Waals surface area contributed by atoms with Gasteiger partial charge in [0.05, 0.1) is 8.07 Å². The molecular weight excluding hydrogens is 208 g/mol. The summed E-state index contributed by atoms with van der Waals surface area (Å²) in [7, 11) is -1.13. The summed E-state index contributed by atoms with van der Waals surface area (Å²) in [5.74, 6) is 0.652. The summed E-state index contributed by atoms with van der Waals surface area (Å²) in [6.07, 6.45) is 0. The monoisotopic (exact) mass is 240 g/mol. The van der Waals surface area contributed by atoms with Gasteiger partial charge in [-0.05, 0) is 16.7 Å². The third-order valence-electron chi connectivity index (χ3n) is 3.22. The van der Waals surface area contributed by atoms with Crippen LogP contribution in [-0.4, -0.2) is 8.07 Å². The third-order valence-corrected chi connectivity index (χ3v) is 4.40. The minimum atomic E-state index is -1.13. The van der Waals surface area contributed by atoms with Crippen molar-refractivity contribution in [3.8, 4) is 0 Å². The first-order valence-corrected chi connectivity index (χ1v) is 10.1. The maximum Gasteiger partial charge on any atom is 0.0686 e. The summed E-state index contributed by atoms with van der Waals surface area (Å²) in [5, 5.41) is 0. The molecule has 0 saturated carbocycles. The van der Waals surface area contributed by atoms with Gasteiger partial charge in [0.1, 0.15) is 0 Å². The van der Waals surface area contributed by atoms with E-state index in [1.165, 1.54) is 0 Å². The number of hydrogen-bond donors (Lipinski definition) is 0. The Labute approximate surface area is 105 Å². The van der Waals surface area contributed by atoms with Crippen molar-refractivity contribution in [3.05, 3.63) is 11.3 Å². The summed E-state index contributed by atoms with van der Waals surface area (Å²) in [6, 6.07) is 0. The number of allylic oxidation sites excluding steroid dienone is 1. The van der Waals surface area contributed by atoms with Crippen molar-refractivity contribution in [1.82, 2.24) is 0 Å². The standard InChI is InChI=1S/C15H32Si/c1-12(14(2,3)4)13(15(5,6)7)11-16(8,9)10/h11-12H,1-10H3.